The lowest BCUT2D eigenvalue weighted by Crippen LogP contribution is -1.91. The predicted octanol–water partition coefficient (Wildman–Crippen LogP) is 3.93. The molecule has 5 heteroatoms. The summed E-state index contributed by atoms with van der Waals surface area (Å²) in [5.41, 5.74) is 1.70. The first-order chi connectivity index (χ1) is 7.98. The van der Waals surface area contributed by atoms with Gasteiger partial charge in [-0.2, -0.15) is 0 Å². The minimum absolute atomic E-state index is 0.00356. The molecule has 0 unspecified atom stereocenters. The van der Waals surface area contributed by atoms with Crippen LogP contribution < -0.4 is 0 Å². The van der Waals surface area contributed by atoms with Gasteiger partial charge in [0.25, 0.3) is 9.05 Å². The van der Waals surface area contributed by atoms with Crippen LogP contribution >= 0.6 is 22.3 Å². The van der Waals surface area contributed by atoms with Crippen LogP contribution in [0.5, 0.6) is 0 Å². The lowest BCUT2D eigenvalue weighted by atomic mass is 10.1. The van der Waals surface area contributed by atoms with E-state index >= 15 is 0 Å². The third-order valence-electron chi connectivity index (χ3n) is 2.31. The first kappa shape index (κ1) is 12.4. The first-order valence-electron chi connectivity index (χ1n) is 4.78. The molecule has 0 aromatic heterocycles. The maximum absolute atomic E-state index is 11.1. The van der Waals surface area contributed by atoms with E-state index in [1.54, 1.807) is 6.07 Å². The molecule has 0 amide bonds. The summed E-state index contributed by atoms with van der Waals surface area (Å²) < 4.78 is 22.3. The fourth-order valence-corrected chi connectivity index (χ4v) is 2.63. The molecule has 2 aromatic carbocycles. The smallest absolute Gasteiger partial charge is 0.207 e. The van der Waals surface area contributed by atoms with Gasteiger partial charge in [-0.25, -0.2) is 8.42 Å². The number of rotatable bonds is 2. The molecule has 17 heavy (non-hydrogen) atoms. The van der Waals surface area contributed by atoms with E-state index in [4.69, 9.17) is 22.3 Å². The Morgan fingerprint density at radius 2 is 1.59 bits per heavy atom. The molecule has 0 saturated carbocycles. The van der Waals surface area contributed by atoms with Crippen molar-refractivity contribution < 1.29 is 8.42 Å². The van der Waals surface area contributed by atoms with E-state index in [0.717, 1.165) is 11.1 Å². The highest BCUT2D eigenvalue weighted by molar-refractivity contribution is 8.13. The third-order valence-corrected chi connectivity index (χ3v) is 3.97. The maximum atomic E-state index is 11.1. The van der Waals surface area contributed by atoms with Crippen LogP contribution in [0.2, 0.25) is 5.02 Å². The molecule has 2 nitrogen and oxygen atoms in total. The normalized spacial score (nSPS) is 11.4. The second kappa shape index (κ2) is 4.69. The Morgan fingerprint density at radius 3 is 2.12 bits per heavy atom. The minimum Gasteiger partial charge on any atom is -0.207 e. The zero-order valence-corrected chi connectivity index (χ0v) is 10.9. The third kappa shape index (κ3) is 2.80. The topological polar surface area (TPSA) is 34.1 Å². The lowest BCUT2D eigenvalue weighted by Gasteiger charge is -2.05. The van der Waals surface area contributed by atoms with E-state index in [1.165, 1.54) is 12.1 Å². The van der Waals surface area contributed by atoms with E-state index in [2.05, 4.69) is 0 Å². The zero-order valence-electron chi connectivity index (χ0n) is 8.60. The molecule has 0 saturated heterocycles. The van der Waals surface area contributed by atoms with E-state index in [1.807, 2.05) is 30.3 Å². The van der Waals surface area contributed by atoms with Crippen molar-refractivity contribution in [1.29, 1.82) is 0 Å². The number of benzene rings is 2. The van der Waals surface area contributed by atoms with Crippen LogP contribution in [-0.4, -0.2) is 8.42 Å². The van der Waals surface area contributed by atoms with Crippen LogP contribution in [0.3, 0.4) is 0 Å². The van der Waals surface area contributed by atoms with Gasteiger partial charge in [0.15, 0.2) is 0 Å². The van der Waals surface area contributed by atoms with Crippen LogP contribution in [0.4, 0.5) is 0 Å². The fraction of sp³-hybridized carbons (Fsp3) is 0. The Bertz CT molecular complexity index is 637. The summed E-state index contributed by atoms with van der Waals surface area (Å²) in [5, 5.41) is 0.359. The van der Waals surface area contributed by atoms with Gasteiger partial charge in [-0.1, -0.05) is 48.0 Å². The van der Waals surface area contributed by atoms with E-state index < -0.39 is 9.05 Å². The number of hydrogen-bond donors (Lipinski definition) is 0. The Balaban J connectivity index is 2.54. The second-order valence-corrected chi connectivity index (χ2v) is 6.42. The Labute approximate surface area is 109 Å². The van der Waals surface area contributed by atoms with Crippen LogP contribution in [0.15, 0.2) is 53.4 Å². The molecule has 0 N–H and O–H groups in total. The van der Waals surface area contributed by atoms with Gasteiger partial charge in [-0.15, -0.1) is 0 Å². The summed E-state index contributed by atoms with van der Waals surface area (Å²) in [7, 11) is 1.51. The quantitative estimate of drug-likeness (QED) is 0.784. The van der Waals surface area contributed by atoms with Gasteiger partial charge in [0, 0.05) is 21.3 Å². The van der Waals surface area contributed by atoms with Crippen LogP contribution in [0, 0.1) is 0 Å². The van der Waals surface area contributed by atoms with E-state index in [-0.39, 0.29) is 4.90 Å². The van der Waals surface area contributed by atoms with Crippen molar-refractivity contribution in [2.45, 2.75) is 4.90 Å². The van der Waals surface area contributed by atoms with Crippen molar-refractivity contribution in [3.8, 4) is 11.1 Å². The summed E-state index contributed by atoms with van der Waals surface area (Å²) in [5.74, 6) is 0. The van der Waals surface area contributed by atoms with Crippen LogP contribution in [0.25, 0.3) is 11.1 Å². The molecule has 0 heterocycles. The molecule has 88 valence electrons. The maximum Gasteiger partial charge on any atom is 0.261 e. The second-order valence-electron chi connectivity index (χ2n) is 3.45. The minimum atomic E-state index is -3.74. The number of halogens is 2. The monoisotopic (exact) mass is 286 g/mol. The average molecular weight is 287 g/mol. The largest absolute Gasteiger partial charge is 0.261 e. The summed E-state index contributed by atoms with van der Waals surface area (Å²) >= 11 is 6.05. The van der Waals surface area contributed by atoms with Crippen molar-refractivity contribution in [2.75, 3.05) is 0 Å². The lowest BCUT2D eigenvalue weighted by molar-refractivity contribution is 0.609. The summed E-state index contributed by atoms with van der Waals surface area (Å²) in [6.07, 6.45) is 0. The van der Waals surface area contributed by atoms with Crippen molar-refractivity contribution in [1.82, 2.24) is 0 Å². The summed E-state index contributed by atoms with van der Waals surface area (Å²) in [6, 6.07) is 13.9. The van der Waals surface area contributed by atoms with Crippen LogP contribution in [0.1, 0.15) is 0 Å². The van der Waals surface area contributed by atoms with E-state index in [0.29, 0.717) is 5.02 Å². The molecular weight excluding hydrogens is 279 g/mol. The zero-order chi connectivity index (χ0) is 12.5. The Hall–Kier alpha value is -1.03. The molecule has 0 aliphatic heterocycles. The van der Waals surface area contributed by atoms with Gasteiger partial charge in [-0.3, -0.25) is 0 Å². The average Bonchev–Trinajstić information content (AvgIpc) is 2.29. The van der Waals surface area contributed by atoms with Crippen molar-refractivity contribution in [3.63, 3.8) is 0 Å². The molecule has 0 aliphatic carbocycles. The summed E-state index contributed by atoms with van der Waals surface area (Å²) in [4.78, 5) is 0.00356. The van der Waals surface area contributed by atoms with Gasteiger partial charge in [0.05, 0.1) is 4.90 Å². The van der Waals surface area contributed by atoms with Gasteiger partial charge < -0.3 is 0 Å². The molecular formula is C12H8Cl2O2S. The van der Waals surface area contributed by atoms with Gasteiger partial charge in [0.2, 0.25) is 0 Å². The van der Waals surface area contributed by atoms with Gasteiger partial charge in [0.1, 0.15) is 0 Å². The van der Waals surface area contributed by atoms with E-state index in [9.17, 15) is 8.42 Å². The molecule has 0 fully saturated rings. The molecule has 2 aromatic rings. The van der Waals surface area contributed by atoms with Crippen molar-refractivity contribution >= 4 is 31.3 Å². The van der Waals surface area contributed by atoms with Gasteiger partial charge >= 0.3 is 0 Å². The molecule has 0 bridgehead atoms. The molecule has 0 radical (unpaired) electrons. The predicted molar refractivity (Wildman–Crippen MR) is 69.9 cm³/mol. The Kier molecular flexibility index (Phi) is 3.43. The van der Waals surface area contributed by atoms with Crippen molar-refractivity contribution in [2.24, 2.45) is 0 Å². The highest BCUT2D eigenvalue weighted by atomic mass is 35.7. The highest BCUT2D eigenvalue weighted by Crippen LogP contribution is 2.30. The standard InChI is InChI=1S/C12H8Cl2O2S/c13-12-8-10(17(14,15)16)6-7-11(12)9-4-2-1-3-5-9/h1-8H. The Morgan fingerprint density at radius 1 is 0.941 bits per heavy atom. The summed E-state index contributed by atoms with van der Waals surface area (Å²) in [6.45, 7) is 0. The van der Waals surface area contributed by atoms with Crippen LogP contribution in [-0.2, 0) is 9.05 Å². The first-order valence-corrected chi connectivity index (χ1v) is 7.47. The number of hydrogen-bond acceptors (Lipinski definition) is 2. The SMILES string of the molecule is O=S(=O)(Cl)c1ccc(-c2ccccc2)c(Cl)c1. The molecule has 2 rings (SSSR count). The molecule has 0 atom stereocenters. The molecule has 0 spiro atoms. The van der Waals surface area contributed by atoms with Crippen molar-refractivity contribution in [3.05, 3.63) is 53.6 Å². The molecule has 0 aliphatic rings. The van der Waals surface area contributed by atoms with Gasteiger partial charge in [-0.05, 0) is 17.7 Å². The fourth-order valence-electron chi connectivity index (χ4n) is 1.50. The highest BCUT2D eigenvalue weighted by Gasteiger charge is 2.12.